The molecule has 3 rings (SSSR count). The third kappa shape index (κ3) is 1.21. The fourth-order valence-electron chi connectivity index (χ4n) is 1.94. The van der Waals surface area contributed by atoms with Gasteiger partial charge in [-0.25, -0.2) is 9.97 Å². The second kappa shape index (κ2) is 3.08. The van der Waals surface area contributed by atoms with Gasteiger partial charge in [0, 0.05) is 25.2 Å². The highest BCUT2D eigenvalue weighted by Gasteiger charge is 2.20. The average molecular weight is 201 g/mol. The van der Waals surface area contributed by atoms with Crippen molar-refractivity contribution in [2.24, 2.45) is 0 Å². The molecule has 2 aromatic rings. The van der Waals surface area contributed by atoms with E-state index in [1.807, 2.05) is 19.3 Å². The minimum absolute atomic E-state index is 0.655. The number of rotatable bonds is 1. The predicted molar refractivity (Wildman–Crippen MR) is 56.7 cm³/mol. The molecule has 0 bridgehead atoms. The lowest BCUT2D eigenvalue weighted by Gasteiger charge is -2.14. The van der Waals surface area contributed by atoms with Gasteiger partial charge in [0.2, 0.25) is 5.95 Å². The highest BCUT2D eigenvalue weighted by Crippen LogP contribution is 2.32. The molecule has 15 heavy (non-hydrogen) atoms. The lowest BCUT2D eigenvalue weighted by molar-refractivity contribution is 0.506. The minimum atomic E-state index is 0.655. The van der Waals surface area contributed by atoms with Gasteiger partial charge in [0.25, 0.3) is 0 Å². The van der Waals surface area contributed by atoms with Gasteiger partial charge in [0.15, 0.2) is 0 Å². The molecule has 0 amide bonds. The van der Waals surface area contributed by atoms with E-state index in [0.29, 0.717) is 5.95 Å². The van der Waals surface area contributed by atoms with Gasteiger partial charge in [0.05, 0.1) is 12.0 Å². The van der Waals surface area contributed by atoms with Crippen LogP contribution in [0.5, 0.6) is 0 Å². The molecule has 0 atom stereocenters. The summed E-state index contributed by atoms with van der Waals surface area (Å²) < 4.78 is 5.41. The number of nitrogens with zero attached hydrogens (tertiary/aromatic N) is 2. The second-order valence-corrected chi connectivity index (χ2v) is 3.57. The van der Waals surface area contributed by atoms with Crippen LogP contribution in [0, 0.1) is 0 Å². The average Bonchev–Trinajstić information content (AvgIpc) is 2.76. The summed E-state index contributed by atoms with van der Waals surface area (Å²) in [5, 5.41) is 2.95. The molecule has 2 heterocycles. The molecular weight excluding hydrogens is 190 g/mol. The van der Waals surface area contributed by atoms with Crippen LogP contribution in [0.3, 0.4) is 0 Å². The number of hydrogen-bond donors (Lipinski definition) is 1. The standard InChI is InChI=1S/C11H11N3O/c1-12-11-13-6-7-2-3-9-8(4-5-15-9)10(7)14-11/h4-6H,2-3H2,1H3,(H,12,13,14). The van der Waals surface area contributed by atoms with Crippen LogP contribution in [0.2, 0.25) is 0 Å². The van der Waals surface area contributed by atoms with Crippen molar-refractivity contribution in [3.8, 4) is 11.3 Å². The van der Waals surface area contributed by atoms with E-state index in [1.165, 1.54) is 5.56 Å². The smallest absolute Gasteiger partial charge is 0.222 e. The van der Waals surface area contributed by atoms with E-state index in [-0.39, 0.29) is 0 Å². The van der Waals surface area contributed by atoms with Crippen molar-refractivity contribution in [3.63, 3.8) is 0 Å². The number of anilines is 1. The monoisotopic (exact) mass is 201 g/mol. The molecule has 2 aromatic heterocycles. The summed E-state index contributed by atoms with van der Waals surface area (Å²) in [4.78, 5) is 8.68. The molecule has 0 aliphatic heterocycles. The van der Waals surface area contributed by atoms with E-state index in [2.05, 4.69) is 15.3 Å². The highest BCUT2D eigenvalue weighted by atomic mass is 16.3. The number of furan rings is 1. The van der Waals surface area contributed by atoms with Crippen LogP contribution < -0.4 is 5.32 Å². The summed E-state index contributed by atoms with van der Waals surface area (Å²) in [6.07, 6.45) is 5.52. The molecule has 0 saturated carbocycles. The van der Waals surface area contributed by atoms with Crippen molar-refractivity contribution < 1.29 is 4.42 Å². The van der Waals surface area contributed by atoms with Crippen LogP contribution in [0.15, 0.2) is 22.9 Å². The van der Waals surface area contributed by atoms with Crippen LogP contribution in [-0.4, -0.2) is 17.0 Å². The molecule has 0 fully saturated rings. The number of hydrogen-bond acceptors (Lipinski definition) is 4. The Hall–Kier alpha value is -1.84. The molecule has 4 heteroatoms. The lowest BCUT2D eigenvalue weighted by Crippen LogP contribution is -2.07. The van der Waals surface area contributed by atoms with Crippen LogP contribution in [0.4, 0.5) is 5.95 Å². The maximum atomic E-state index is 5.41. The van der Waals surface area contributed by atoms with E-state index >= 15 is 0 Å². The van der Waals surface area contributed by atoms with Gasteiger partial charge in [-0.3, -0.25) is 0 Å². The molecule has 4 nitrogen and oxygen atoms in total. The first-order valence-corrected chi connectivity index (χ1v) is 4.99. The second-order valence-electron chi connectivity index (χ2n) is 3.57. The van der Waals surface area contributed by atoms with E-state index in [4.69, 9.17) is 4.42 Å². The summed E-state index contributed by atoms with van der Waals surface area (Å²) in [6, 6.07) is 1.97. The Morgan fingerprint density at radius 3 is 3.20 bits per heavy atom. The number of fused-ring (bicyclic) bond motifs is 3. The molecular formula is C11H11N3O. The third-order valence-corrected chi connectivity index (χ3v) is 2.71. The molecule has 1 N–H and O–H groups in total. The van der Waals surface area contributed by atoms with Crippen molar-refractivity contribution in [2.45, 2.75) is 12.8 Å². The summed E-state index contributed by atoms with van der Waals surface area (Å²) in [7, 11) is 1.82. The first-order valence-electron chi connectivity index (χ1n) is 4.99. The Morgan fingerprint density at radius 2 is 2.33 bits per heavy atom. The quantitative estimate of drug-likeness (QED) is 0.765. The zero-order valence-electron chi connectivity index (χ0n) is 8.45. The fourth-order valence-corrected chi connectivity index (χ4v) is 1.94. The summed E-state index contributed by atoms with van der Waals surface area (Å²) >= 11 is 0. The maximum Gasteiger partial charge on any atom is 0.222 e. The van der Waals surface area contributed by atoms with E-state index in [9.17, 15) is 0 Å². The summed E-state index contributed by atoms with van der Waals surface area (Å²) in [5.41, 5.74) is 3.31. The number of aryl methyl sites for hydroxylation is 2. The molecule has 0 saturated heterocycles. The van der Waals surface area contributed by atoms with Crippen molar-refractivity contribution in [2.75, 3.05) is 12.4 Å². The SMILES string of the molecule is CNc1ncc2c(n1)-c1ccoc1CC2. The van der Waals surface area contributed by atoms with E-state index in [1.54, 1.807) is 6.26 Å². The first kappa shape index (κ1) is 8.47. The largest absolute Gasteiger partial charge is 0.469 e. The van der Waals surface area contributed by atoms with Gasteiger partial charge >= 0.3 is 0 Å². The van der Waals surface area contributed by atoms with Crippen LogP contribution in [0.1, 0.15) is 11.3 Å². The Kier molecular flexibility index (Phi) is 1.74. The number of nitrogens with one attached hydrogen (secondary N) is 1. The molecule has 1 aliphatic rings. The fraction of sp³-hybridized carbons (Fsp3) is 0.273. The van der Waals surface area contributed by atoms with Gasteiger partial charge in [-0.1, -0.05) is 0 Å². The zero-order chi connectivity index (χ0) is 10.3. The van der Waals surface area contributed by atoms with Gasteiger partial charge < -0.3 is 9.73 Å². The van der Waals surface area contributed by atoms with E-state index in [0.717, 1.165) is 29.9 Å². The van der Waals surface area contributed by atoms with Crippen molar-refractivity contribution >= 4 is 5.95 Å². The summed E-state index contributed by atoms with van der Waals surface area (Å²) in [5.74, 6) is 1.69. The van der Waals surface area contributed by atoms with Gasteiger partial charge in [-0.15, -0.1) is 0 Å². The van der Waals surface area contributed by atoms with Crippen LogP contribution >= 0.6 is 0 Å². The Morgan fingerprint density at radius 1 is 1.40 bits per heavy atom. The van der Waals surface area contributed by atoms with Crippen LogP contribution in [-0.2, 0) is 12.8 Å². The topological polar surface area (TPSA) is 51.0 Å². The molecule has 0 unspecified atom stereocenters. The Labute approximate surface area is 87.4 Å². The Bertz CT molecular complexity index is 504. The van der Waals surface area contributed by atoms with Crippen molar-refractivity contribution in [1.82, 2.24) is 9.97 Å². The molecule has 0 spiro atoms. The van der Waals surface area contributed by atoms with Gasteiger partial charge in [-0.05, 0) is 18.1 Å². The highest BCUT2D eigenvalue weighted by molar-refractivity contribution is 5.68. The maximum absolute atomic E-state index is 5.41. The normalized spacial score (nSPS) is 13.1. The van der Waals surface area contributed by atoms with Crippen molar-refractivity contribution in [3.05, 3.63) is 29.9 Å². The lowest BCUT2D eigenvalue weighted by atomic mass is 9.96. The van der Waals surface area contributed by atoms with Gasteiger partial charge in [-0.2, -0.15) is 0 Å². The van der Waals surface area contributed by atoms with Gasteiger partial charge in [0.1, 0.15) is 5.76 Å². The molecule has 0 aromatic carbocycles. The molecule has 76 valence electrons. The van der Waals surface area contributed by atoms with Crippen LogP contribution in [0.25, 0.3) is 11.3 Å². The molecule has 0 radical (unpaired) electrons. The van der Waals surface area contributed by atoms with E-state index < -0.39 is 0 Å². The first-order chi connectivity index (χ1) is 7.38. The summed E-state index contributed by atoms with van der Waals surface area (Å²) in [6.45, 7) is 0. The predicted octanol–water partition coefficient (Wildman–Crippen LogP) is 1.88. The molecule has 1 aliphatic carbocycles. The third-order valence-electron chi connectivity index (χ3n) is 2.71. The minimum Gasteiger partial charge on any atom is -0.469 e. The number of aromatic nitrogens is 2. The zero-order valence-corrected chi connectivity index (χ0v) is 8.45. The Balaban J connectivity index is 2.21. The van der Waals surface area contributed by atoms with Crippen molar-refractivity contribution in [1.29, 1.82) is 0 Å².